The monoisotopic (exact) mass is 270 g/mol. The van der Waals surface area contributed by atoms with Crippen molar-refractivity contribution in [1.82, 2.24) is 10.2 Å². The number of rotatable bonds is 7. The normalized spacial score (nSPS) is 24.7. The van der Waals surface area contributed by atoms with E-state index in [9.17, 15) is 4.79 Å². The van der Waals surface area contributed by atoms with Gasteiger partial charge in [0.15, 0.2) is 0 Å². The quantitative estimate of drug-likeness (QED) is 0.717. The lowest BCUT2D eigenvalue weighted by molar-refractivity contribution is -0.141. The van der Waals surface area contributed by atoms with Gasteiger partial charge in [-0.05, 0) is 44.7 Å². The molecule has 0 aromatic heterocycles. The van der Waals surface area contributed by atoms with Gasteiger partial charge in [-0.1, -0.05) is 13.8 Å². The van der Waals surface area contributed by atoms with Gasteiger partial charge < -0.3 is 15.0 Å². The van der Waals surface area contributed by atoms with E-state index >= 15 is 0 Å². The van der Waals surface area contributed by atoms with Crippen LogP contribution in [-0.2, 0) is 9.53 Å². The van der Waals surface area contributed by atoms with Crippen LogP contribution in [0.15, 0.2) is 0 Å². The molecular weight excluding hydrogens is 240 g/mol. The fraction of sp³-hybridized carbons (Fsp3) is 0.933. The molecule has 4 heteroatoms. The molecule has 19 heavy (non-hydrogen) atoms. The van der Waals surface area contributed by atoms with E-state index in [2.05, 4.69) is 31.1 Å². The van der Waals surface area contributed by atoms with Gasteiger partial charge in [0.25, 0.3) is 0 Å². The fourth-order valence-corrected chi connectivity index (χ4v) is 2.80. The predicted molar refractivity (Wildman–Crippen MR) is 78.1 cm³/mol. The first-order valence-electron chi connectivity index (χ1n) is 7.50. The highest BCUT2D eigenvalue weighted by molar-refractivity contribution is 5.69. The van der Waals surface area contributed by atoms with Gasteiger partial charge in [0.2, 0.25) is 0 Å². The second-order valence-electron chi connectivity index (χ2n) is 6.27. The van der Waals surface area contributed by atoms with E-state index in [0.29, 0.717) is 18.4 Å². The van der Waals surface area contributed by atoms with E-state index in [0.717, 1.165) is 32.0 Å². The Hall–Kier alpha value is -0.610. The molecule has 2 atom stereocenters. The molecule has 0 amide bonds. The molecule has 112 valence electrons. The van der Waals surface area contributed by atoms with E-state index in [1.54, 1.807) is 0 Å². The Kier molecular flexibility index (Phi) is 7.39. The molecule has 0 radical (unpaired) electrons. The van der Waals surface area contributed by atoms with Crippen molar-refractivity contribution in [3.63, 3.8) is 0 Å². The number of piperidine rings is 1. The van der Waals surface area contributed by atoms with Crippen molar-refractivity contribution in [2.75, 3.05) is 33.8 Å². The number of esters is 1. The van der Waals surface area contributed by atoms with E-state index in [1.165, 1.54) is 20.0 Å². The summed E-state index contributed by atoms with van der Waals surface area (Å²) in [5, 5.41) is 3.66. The van der Waals surface area contributed by atoms with Gasteiger partial charge in [-0.25, -0.2) is 0 Å². The van der Waals surface area contributed by atoms with Gasteiger partial charge >= 0.3 is 5.97 Å². The number of likely N-dealkylation sites (tertiary alicyclic amines) is 1. The fourth-order valence-electron chi connectivity index (χ4n) is 2.80. The molecule has 4 nitrogen and oxygen atoms in total. The third-order valence-corrected chi connectivity index (χ3v) is 3.86. The molecule has 2 unspecified atom stereocenters. The number of carbonyl (C=O) groups excluding carboxylic acids is 1. The van der Waals surface area contributed by atoms with Gasteiger partial charge in [-0.15, -0.1) is 0 Å². The first-order valence-corrected chi connectivity index (χ1v) is 7.50. The molecule has 1 fully saturated rings. The molecule has 1 aliphatic rings. The maximum atomic E-state index is 11.2. The largest absolute Gasteiger partial charge is 0.469 e. The van der Waals surface area contributed by atoms with Crippen LogP contribution in [-0.4, -0.2) is 50.7 Å². The Morgan fingerprint density at radius 2 is 2.16 bits per heavy atom. The third kappa shape index (κ3) is 6.92. The zero-order valence-corrected chi connectivity index (χ0v) is 12.9. The molecule has 0 bridgehead atoms. The molecular formula is C15H30N2O2. The molecule has 1 saturated heterocycles. The standard InChI is InChI=1S/C15H30N2O2/c1-12(2)7-8-16-14-9-13(10-17(3)11-14)5-6-15(18)19-4/h12-14,16H,5-11H2,1-4H3. The van der Waals surface area contributed by atoms with Crippen LogP contribution in [0.1, 0.15) is 39.5 Å². The lowest BCUT2D eigenvalue weighted by Gasteiger charge is -2.36. The highest BCUT2D eigenvalue weighted by Gasteiger charge is 2.25. The highest BCUT2D eigenvalue weighted by Crippen LogP contribution is 2.20. The summed E-state index contributed by atoms with van der Waals surface area (Å²) in [4.78, 5) is 13.6. The van der Waals surface area contributed by atoms with Crippen LogP contribution < -0.4 is 5.32 Å². The molecule has 0 spiro atoms. The molecule has 1 N–H and O–H groups in total. The first kappa shape index (κ1) is 16.4. The summed E-state index contributed by atoms with van der Waals surface area (Å²) < 4.78 is 4.72. The Bertz CT molecular complexity index is 269. The van der Waals surface area contributed by atoms with E-state index < -0.39 is 0 Å². The molecule has 0 aliphatic carbocycles. The second kappa shape index (κ2) is 8.54. The van der Waals surface area contributed by atoms with Crippen LogP contribution >= 0.6 is 0 Å². The van der Waals surface area contributed by atoms with Crippen molar-refractivity contribution in [3.8, 4) is 0 Å². The summed E-state index contributed by atoms with van der Waals surface area (Å²) in [7, 11) is 3.63. The van der Waals surface area contributed by atoms with Crippen molar-refractivity contribution < 1.29 is 9.53 Å². The number of ether oxygens (including phenoxy) is 1. The van der Waals surface area contributed by atoms with E-state index in [-0.39, 0.29) is 5.97 Å². The molecule has 0 aromatic rings. The number of nitrogens with one attached hydrogen (secondary N) is 1. The topological polar surface area (TPSA) is 41.6 Å². The molecule has 1 rings (SSSR count). The van der Waals surface area contributed by atoms with Crippen LogP contribution in [0.4, 0.5) is 0 Å². The van der Waals surface area contributed by atoms with Crippen molar-refractivity contribution in [2.45, 2.75) is 45.6 Å². The van der Waals surface area contributed by atoms with Crippen molar-refractivity contribution in [2.24, 2.45) is 11.8 Å². The van der Waals surface area contributed by atoms with Gasteiger partial charge in [0.05, 0.1) is 7.11 Å². The minimum atomic E-state index is -0.0856. The lowest BCUT2D eigenvalue weighted by atomic mass is 9.90. The average Bonchev–Trinajstić information content (AvgIpc) is 2.35. The summed E-state index contributed by atoms with van der Waals surface area (Å²) in [6, 6.07) is 0.570. The maximum absolute atomic E-state index is 11.2. The van der Waals surface area contributed by atoms with Crippen LogP contribution in [0.2, 0.25) is 0 Å². The Morgan fingerprint density at radius 1 is 1.42 bits per heavy atom. The zero-order valence-electron chi connectivity index (χ0n) is 12.9. The first-order chi connectivity index (χ1) is 9.01. The molecule has 0 aromatic carbocycles. The predicted octanol–water partition coefficient (Wildman–Crippen LogP) is 1.90. The maximum Gasteiger partial charge on any atom is 0.305 e. The number of nitrogens with zero attached hydrogens (tertiary/aromatic N) is 1. The summed E-state index contributed by atoms with van der Waals surface area (Å²) in [6.45, 7) is 7.83. The summed E-state index contributed by atoms with van der Waals surface area (Å²) in [6.07, 6.45) is 3.90. The summed E-state index contributed by atoms with van der Waals surface area (Å²) in [5.41, 5.74) is 0. The highest BCUT2D eigenvalue weighted by atomic mass is 16.5. The Labute approximate surface area is 117 Å². The minimum Gasteiger partial charge on any atom is -0.469 e. The van der Waals surface area contributed by atoms with Crippen LogP contribution in [0.25, 0.3) is 0 Å². The average molecular weight is 270 g/mol. The number of likely N-dealkylation sites (N-methyl/N-ethyl adjacent to an activating group) is 1. The Morgan fingerprint density at radius 3 is 2.79 bits per heavy atom. The van der Waals surface area contributed by atoms with Gasteiger partial charge in [-0.3, -0.25) is 4.79 Å². The summed E-state index contributed by atoms with van der Waals surface area (Å²) >= 11 is 0. The molecule has 1 aliphatic heterocycles. The SMILES string of the molecule is COC(=O)CCC1CC(NCCC(C)C)CN(C)C1. The van der Waals surface area contributed by atoms with Gasteiger partial charge in [-0.2, -0.15) is 0 Å². The Balaban J connectivity index is 2.29. The molecule has 1 heterocycles. The molecule has 0 saturated carbocycles. The van der Waals surface area contributed by atoms with Gasteiger partial charge in [0, 0.05) is 25.6 Å². The summed E-state index contributed by atoms with van der Waals surface area (Å²) in [5.74, 6) is 1.27. The number of hydrogen-bond donors (Lipinski definition) is 1. The smallest absolute Gasteiger partial charge is 0.305 e. The van der Waals surface area contributed by atoms with Gasteiger partial charge in [0.1, 0.15) is 0 Å². The minimum absolute atomic E-state index is 0.0856. The number of methoxy groups -OCH3 is 1. The van der Waals surface area contributed by atoms with Crippen LogP contribution in [0, 0.1) is 11.8 Å². The number of hydrogen-bond acceptors (Lipinski definition) is 4. The van der Waals surface area contributed by atoms with E-state index in [1.807, 2.05) is 0 Å². The van der Waals surface area contributed by atoms with Crippen molar-refractivity contribution >= 4 is 5.97 Å². The zero-order chi connectivity index (χ0) is 14.3. The van der Waals surface area contributed by atoms with E-state index in [4.69, 9.17) is 4.74 Å². The lowest BCUT2D eigenvalue weighted by Crippen LogP contribution is -2.48. The number of carbonyl (C=O) groups is 1. The third-order valence-electron chi connectivity index (χ3n) is 3.86. The van der Waals surface area contributed by atoms with Crippen molar-refractivity contribution in [3.05, 3.63) is 0 Å². The van der Waals surface area contributed by atoms with Crippen molar-refractivity contribution in [1.29, 1.82) is 0 Å². The van der Waals surface area contributed by atoms with Crippen LogP contribution in [0.5, 0.6) is 0 Å². The second-order valence-corrected chi connectivity index (χ2v) is 6.27. The van der Waals surface area contributed by atoms with Crippen LogP contribution in [0.3, 0.4) is 0 Å².